The van der Waals surface area contributed by atoms with Crippen molar-refractivity contribution in [3.05, 3.63) is 47.8 Å². The van der Waals surface area contributed by atoms with Crippen LogP contribution in [0.1, 0.15) is 43.9 Å². The summed E-state index contributed by atoms with van der Waals surface area (Å²) in [5.74, 6) is 1.05. The Morgan fingerprint density at radius 1 is 1.20 bits per heavy atom. The Morgan fingerprint density at radius 2 is 2.00 bits per heavy atom. The highest BCUT2D eigenvalue weighted by molar-refractivity contribution is 5.79. The number of aromatic nitrogens is 2. The fourth-order valence-corrected chi connectivity index (χ4v) is 4.53. The maximum atomic E-state index is 12.7. The zero-order valence-electron chi connectivity index (χ0n) is 18.0. The van der Waals surface area contributed by atoms with Crippen LogP contribution in [-0.2, 0) is 17.6 Å². The van der Waals surface area contributed by atoms with Crippen molar-refractivity contribution < 1.29 is 4.79 Å². The van der Waals surface area contributed by atoms with Crippen molar-refractivity contribution in [1.29, 1.82) is 0 Å². The molecule has 1 atom stereocenters. The minimum Gasteiger partial charge on any atom is -0.370 e. The lowest BCUT2D eigenvalue weighted by Crippen LogP contribution is -2.39. The van der Waals surface area contributed by atoms with Gasteiger partial charge < -0.3 is 15.1 Å². The Bertz CT molecular complexity index is 835. The van der Waals surface area contributed by atoms with Gasteiger partial charge in [-0.05, 0) is 63.1 Å². The summed E-state index contributed by atoms with van der Waals surface area (Å²) in [4.78, 5) is 26.8. The second-order valence-corrected chi connectivity index (χ2v) is 8.34. The molecule has 30 heavy (non-hydrogen) atoms. The lowest BCUT2D eigenvalue weighted by atomic mass is 9.86. The number of benzene rings is 1. The van der Waals surface area contributed by atoms with Gasteiger partial charge in [-0.1, -0.05) is 18.2 Å². The molecule has 1 N–H and O–H groups in total. The van der Waals surface area contributed by atoms with Crippen LogP contribution in [0.3, 0.4) is 0 Å². The molecular weight excluding hydrogens is 374 g/mol. The largest absolute Gasteiger partial charge is 0.370 e. The lowest BCUT2D eigenvalue weighted by molar-refractivity contribution is -0.125. The molecule has 160 valence electrons. The van der Waals surface area contributed by atoms with Gasteiger partial charge in [-0.25, -0.2) is 9.97 Å². The number of aryl methyl sites for hydroxylation is 1. The summed E-state index contributed by atoms with van der Waals surface area (Å²) in [7, 11) is 0. The number of nitrogens with one attached hydrogen (secondary N) is 1. The number of para-hydroxylation sites is 1. The van der Waals surface area contributed by atoms with Crippen LogP contribution in [0.4, 0.5) is 11.6 Å². The first-order valence-corrected chi connectivity index (χ1v) is 11.4. The number of rotatable bonds is 7. The van der Waals surface area contributed by atoms with Crippen LogP contribution < -0.4 is 15.1 Å². The normalized spacial score (nSPS) is 18.6. The molecule has 1 aromatic heterocycles. The van der Waals surface area contributed by atoms with Crippen LogP contribution in [0, 0.1) is 5.92 Å². The van der Waals surface area contributed by atoms with Gasteiger partial charge in [0.1, 0.15) is 0 Å². The van der Waals surface area contributed by atoms with Gasteiger partial charge in [-0.15, -0.1) is 0 Å². The van der Waals surface area contributed by atoms with Crippen LogP contribution in [0.2, 0.25) is 0 Å². The number of carbonyl (C=O) groups is 1. The molecule has 6 heteroatoms. The summed E-state index contributed by atoms with van der Waals surface area (Å²) in [6, 6.07) is 10.4. The number of likely N-dealkylation sites (N-methyl/N-ethyl adjacent to an activating group) is 1. The van der Waals surface area contributed by atoms with Gasteiger partial charge in [0.2, 0.25) is 11.9 Å². The van der Waals surface area contributed by atoms with Gasteiger partial charge in [-0.3, -0.25) is 4.79 Å². The van der Waals surface area contributed by atoms with Crippen LogP contribution in [-0.4, -0.2) is 48.6 Å². The van der Waals surface area contributed by atoms with Gasteiger partial charge in [-0.2, -0.15) is 0 Å². The minimum absolute atomic E-state index is 0.0220. The van der Waals surface area contributed by atoms with E-state index < -0.39 is 0 Å². The fraction of sp³-hybridized carbons (Fsp3) is 0.542. The van der Waals surface area contributed by atoms with Crippen molar-refractivity contribution >= 4 is 17.5 Å². The van der Waals surface area contributed by atoms with Crippen LogP contribution >= 0.6 is 0 Å². The van der Waals surface area contributed by atoms with Gasteiger partial charge in [0.05, 0.1) is 0 Å². The third kappa shape index (κ3) is 4.91. The van der Waals surface area contributed by atoms with Crippen molar-refractivity contribution in [3.8, 4) is 0 Å². The molecule has 1 fully saturated rings. The number of carbonyl (C=O) groups excluding carboxylic acids is 1. The molecule has 0 saturated carbocycles. The molecule has 1 amide bonds. The molecule has 0 unspecified atom stereocenters. The molecule has 2 aliphatic rings. The molecule has 2 aromatic rings. The number of nitrogens with zero attached hydrogens (tertiary/aromatic N) is 4. The number of anilines is 2. The molecule has 1 saturated heterocycles. The molecule has 4 rings (SSSR count). The van der Waals surface area contributed by atoms with Crippen molar-refractivity contribution in [1.82, 2.24) is 15.3 Å². The van der Waals surface area contributed by atoms with E-state index in [0.29, 0.717) is 6.54 Å². The predicted molar refractivity (Wildman–Crippen MR) is 121 cm³/mol. The fourth-order valence-electron chi connectivity index (χ4n) is 4.53. The third-order valence-electron chi connectivity index (χ3n) is 6.33. The topological polar surface area (TPSA) is 61.4 Å². The maximum Gasteiger partial charge on any atom is 0.225 e. The minimum atomic E-state index is 0.0220. The maximum absolute atomic E-state index is 12.7. The number of piperidine rings is 1. The van der Waals surface area contributed by atoms with E-state index in [1.807, 2.05) is 12.3 Å². The molecule has 1 aliphatic heterocycles. The summed E-state index contributed by atoms with van der Waals surface area (Å²) in [5, 5.41) is 3.15. The lowest BCUT2D eigenvalue weighted by Gasteiger charge is -2.29. The van der Waals surface area contributed by atoms with Crippen molar-refractivity contribution in [2.75, 3.05) is 42.5 Å². The highest BCUT2D eigenvalue weighted by atomic mass is 16.1. The van der Waals surface area contributed by atoms with Crippen molar-refractivity contribution in [3.63, 3.8) is 0 Å². The monoisotopic (exact) mass is 407 g/mol. The first kappa shape index (κ1) is 20.6. The van der Waals surface area contributed by atoms with E-state index in [9.17, 15) is 4.79 Å². The van der Waals surface area contributed by atoms with Gasteiger partial charge in [0.15, 0.2) is 0 Å². The molecule has 1 aliphatic carbocycles. The van der Waals surface area contributed by atoms with E-state index in [-0.39, 0.29) is 11.8 Å². The zero-order valence-corrected chi connectivity index (χ0v) is 18.0. The first-order valence-electron chi connectivity index (χ1n) is 11.4. The molecule has 0 radical (unpaired) electrons. The van der Waals surface area contributed by atoms with Crippen molar-refractivity contribution in [2.45, 2.75) is 45.4 Å². The predicted octanol–water partition coefficient (Wildman–Crippen LogP) is 3.21. The Morgan fingerprint density at radius 3 is 2.77 bits per heavy atom. The standard InChI is InChI=1S/C24H33N5O/c1-2-28(21-9-5-3-6-10-21)16-13-25-23(30)19-11-12-22-20(17-19)18-26-24(27-22)29-14-7-4-8-15-29/h3,5-6,9-10,18-19H,2,4,7-8,11-17H2,1H3,(H,25,30)/t19-/m1/s1. The molecule has 0 bridgehead atoms. The highest BCUT2D eigenvalue weighted by Crippen LogP contribution is 2.26. The van der Waals surface area contributed by atoms with E-state index in [4.69, 9.17) is 4.98 Å². The number of fused-ring (bicyclic) bond motifs is 1. The molecule has 2 heterocycles. The van der Waals surface area contributed by atoms with Crippen LogP contribution in [0.15, 0.2) is 36.5 Å². The second-order valence-electron chi connectivity index (χ2n) is 8.34. The zero-order chi connectivity index (χ0) is 20.8. The molecule has 1 aromatic carbocycles. The van der Waals surface area contributed by atoms with Gasteiger partial charge >= 0.3 is 0 Å². The first-order chi connectivity index (χ1) is 14.7. The van der Waals surface area contributed by atoms with E-state index in [2.05, 4.69) is 51.3 Å². The van der Waals surface area contributed by atoms with E-state index in [0.717, 1.165) is 62.6 Å². The van der Waals surface area contributed by atoms with E-state index in [1.54, 1.807) is 0 Å². The molecule has 6 nitrogen and oxygen atoms in total. The average Bonchev–Trinajstić information content (AvgIpc) is 2.82. The Kier molecular flexibility index (Phi) is 6.82. The molecule has 0 spiro atoms. The molecular formula is C24H33N5O. The summed E-state index contributed by atoms with van der Waals surface area (Å²) in [5.41, 5.74) is 3.47. The summed E-state index contributed by atoms with van der Waals surface area (Å²) >= 11 is 0. The quantitative estimate of drug-likeness (QED) is 0.764. The smallest absolute Gasteiger partial charge is 0.225 e. The Balaban J connectivity index is 1.29. The van der Waals surface area contributed by atoms with Crippen LogP contribution in [0.5, 0.6) is 0 Å². The van der Waals surface area contributed by atoms with E-state index >= 15 is 0 Å². The van der Waals surface area contributed by atoms with Crippen LogP contribution in [0.25, 0.3) is 0 Å². The summed E-state index contributed by atoms with van der Waals surface area (Å²) < 4.78 is 0. The number of amides is 1. The summed E-state index contributed by atoms with van der Waals surface area (Å²) in [6.45, 7) is 6.66. The van der Waals surface area contributed by atoms with E-state index in [1.165, 1.54) is 24.9 Å². The SMILES string of the molecule is CCN(CCNC(=O)[C@@H]1CCc2nc(N3CCCCC3)ncc2C1)c1ccccc1. The Labute approximate surface area is 179 Å². The number of hydrogen-bond acceptors (Lipinski definition) is 5. The van der Waals surface area contributed by atoms with Gasteiger partial charge in [0.25, 0.3) is 0 Å². The summed E-state index contributed by atoms with van der Waals surface area (Å²) in [6.07, 6.45) is 8.19. The average molecular weight is 408 g/mol. The highest BCUT2D eigenvalue weighted by Gasteiger charge is 2.26. The van der Waals surface area contributed by atoms with Gasteiger partial charge in [0, 0.05) is 56.2 Å². The van der Waals surface area contributed by atoms with Crippen molar-refractivity contribution in [2.24, 2.45) is 5.92 Å². The third-order valence-corrected chi connectivity index (χ3v) is 6.33. The number of hydrogen-bond donors (Lipinski definition) is 1. The second kappa shape index (κ2) is 9.92. The Hall–Kier alpha value is -2.63.